The summed E-state index contributed by atoms with van der Waals surface area (Å²) in [7, 11) is 0. The van der Waals surface area contributed by atoms with Gasteiger partial charge in [-0.25, -0.2) is 4.79 Å². The maximum Gasteiger partial charge on any atom is 0.319 e. The summed E-state index contributed by atoms with van der Waals surface area (Å²) in [4.78, 5) is 24.7. The molecular weight excluding hydrogens is 406 g/mol. The fourth-order valence-corrected chi connectivity index (χ4v) is 2.89. The van der Waals surface area contributed by atoms with Crippen molar-refractivity contribution in [3.63, 3.8) is 0 Å². The summed E-state index contributed by atoms with van der Waals surface area (Å²) in [5.74, 6) is -0.432. The molecule has 3 N–H and O–H groups in total. The Labute approximate surface area is 160 Å². The van der Waals surface area contributed by atoms with Gasteiger partial charge in [-0.05, 0) is 36.2 Å². The van der Waals surface area contributed by atoms with Crippen molar-refractivity contribution in [1.82, 2.24) is 5.32 Å². The van der Waals surface area contributed by atoms with Gasteiger partial charge < -0.3 is 16.0 Å². The Bertz CT molecular complexity index is 753. The van der Waals surface area contributed by atoms with Crippen LogP contribution in [0.15, 0.2) is 53.0 Å². The summed E-state index contributed by atoms with van der Waals surface area (Å²) >= 11 is 9.44. The molecule has 3 amide bonds. The predicted molar refractivity (Wildman–Crippen MR) is 105 cm³/mol. The number of halogens is 2. The monoisotopic (exact) mass is 423 g/mol. The van der Waals surface area contributed by atoms with Crippen molar-refractivity contribution in [2.24, 2.45) is 5.92 Å². The minimum atomic E-state index is -0.705. The van der Waals surface area contributed by atoms with Crippen LogP contribution < -0.4 is 16.0 Å². The second kappa shape index (κ2) is 8.87. The number of carbonyl (C=O) groups is 2. The average molecular weight is 425 g/mol. The van der Waals surface area contributed by atoms with Crippen LogP contribution in [0.4, 0.5) is 16.2 Å². The Morgan fingerprint density at radius 3 is 2.32 bits per heavy atom. The Morgan fingerprint density at radius 2 is 1.72 bits per heavy atom. The molecule has 0 saturated heterocycles. The van der Waals surface area contributed by atoms with E-state index in [9.17, 15) is 9.59 Å². The van der Waals surface area contributed by atoms with Crippen molar-refractivity contribution in [2.45, 2.75) is 19.9 Å². The second-order valence-electron chi connectivity index (χ2n) is 5.80. The Morgan fingerprint density at radius 1 is 1.04 bits per heavy atom. The molecule has 2 aromatic rings. The molecule has 0 aliphatic carbocycles. The molecular formula is C18H19BrClN3O2. The third-order valence-corrected chi connectivity index (χ3v) is 4.26. The van der Waals surface area contributed by atoms with E-state index in [0.717, 1.165) is 4.47 Å². The summed E-state index contributed by atoms with van der Waals surface area (Å²) in [5.41, 5.74) is 1.14. The van der Waals surface area contributed by atoms with Crippen molar-refractivity contribution in [3.8, 4) is 0 Å². The highest BCUT2D eigenvalue weighted by atomic mass is 79.9. The normalized spacial score (nSPS) is 11.7. The zero-order valence-electron chi connectivity index (χ0n) is 13.8. The fourth-order valence-electron chi connectivity index (χ4n) is 2.17. The Kier molecular flexibility index (Phi) is 6.84. The van der Waals surface area contributed by atoms with Crippen LogP contribution in [0.1, 0.15) is 13.8 Å². The van der Waals surface area contributed by atoms with E-state index in [-0.39, 0.29) is 11.8 Å². The smallest absolute Gasteiger partial charge is 0.319 e. The second-order valence-corrected chi connectivity index (χ2v) is 7.12. The highest BCUT2D eigenvalue weighted by molar-refractivity contribution is 9.10. The number of amides is 3. The molecule has 0 heterocycles. The molecule has 1 unspecified atom stereocenters. The zero-order valence-corrected chi connectivity index (χ0v) is 16.2. The maximum atomic E-state index is 12.6. The number of carbonyl (C=O) groups excluding carboxylic acids is 2. The summed E-state index contributed by atoms with van der Waals surface area (Å²) in [6.07, 6.45) is 0. The first kappa shape index (κ1) is 19.3. The predicted octanol–water partition coefficient (Wildman–Crippen LogP) is 4.89. The van der Waals surface area contributed by atoms with E-state index in [1.807, 2.05) is 32.0 Å². The van der Waals surface area contributed by atoms with E-state index in [1.165, 1.54) is 0 Å². The summed E-state index contributed by atoms with van der Waals surface area (Å²) < 4.78 is 0.816. The first-order valence-electron chi connectivity index (χ1n) is 7.75. The number of urea groups is 1. The van der Waals surface area contributed by atoms with Gasteiger partial charge in [-0.15, -0.1) is 0 Å². The van der Waals surface area contributed by atoms with Gasteiger partial charge in [0.25, 0.3) is 0 Å². The average Bonchev–Trinajstić information content (AvgIpc) is 2.55. The molecule has 2 aromatic carbocycles. The van der Waals surface area contributed by atoms with Gasteiger partial charge in [-0.2, -0.15) is 0 Å². The van der Waals surface area contributed by atoms with Crippen LogP contribution in [0.5, 0.6) is 0 Å². The van der Waals surface area contributed by atoms with Crippen molar-refractivity contribution in [2.75, 3.05) is 10.6 Å². The van der Waals surface area contributed by atoms with Crippen molar-refractivity contribution in [3.05, 3.63) is 58.0 Å². The fraction of sp³-hybridized carbons (Fsp3) is 0.222. The molecule has 0 aromatic heterocycles. The SMILES string of the molecule is CC(C)C(NC(=O)Nc1ccccc1)C(=O)Nc1ccc(Br)cc1Cl. The minimum Gasteiger partial charge on any atom is -0.326 e. The number of para-hydroxylation sites is 1. The van der Waals surface area contributed by atoms with Crippen molar-refractivity contribution in [1.29, 1.82) is 0 Å². The highest BCUT2D eigenvalue weighted by Gasteiger charge is 2.24. The lowest BCUT2D eigenvalue weighted by Gasteiger charge is -2.22. The third-order valence-electron chi connectivity index (χ3n) is 3.46. The number of benzene rings is 2. The van der Waals surface area contributed by atoms with Crippen LogP contribution in [-0.4, -0.2) is 18.0 Å². The molecule has 0 fully saturated rings. The number of nitrogens with one attached hydrogen (secondary N) is 3. The van der Waals surface area contributed by atoms with Gasteiger partial charge in [0.1, 0.15) is 6.04 Å². The minimum absolute atomic E-state index is 0.101. The van der Waals surface area contributed by atoms with Crippen LogP contribution in [0.2, 0.25) is 5.02 Å². The number of anilines is 2. The molecule has 1 atom stereocenters. The molecule has 0 aliphatic heterocycles. The summed E-state index contributed by atoms with van der Waals surface area (Å²) in [6.45, 7) is 3.71. The molecule has 0 radical (unpaired) electrons. The standard InChI is InChI=1S/C18H19BrClN3O2/c1-11(2)16(23-18(25)21-13-6-4-3-5-7-13)17(24)22-15-9-8-12(19)10-14(15)20/h3-11,16H,1-2H3,(H,22,24)(H2,21,23,25). The summed E-state index contributed by atoms with van der Waals surface area (Å²) in [6, 6.07) is 13.1. The quantitative estimate of drug-likeness (QED) is 0.640. The Balaban J connectivity index is 2.03. The largest absolute Gasteiger partial charge is 0.326 e. The lowest BCUT2D eigenvalue weighted by Crippen LogP contribution is -2.48. The zero-order chi connectivity index (χ0) is 18.4. The van der Waals surface area contributed by atoms with Gasteiger partial charge in [0.05, 0.1) is 10.7 Å². The van der Waals surface area contributed by atoms with Crippen molar-refractivity contribution < 1.29 is 9.59 Å². The van der Waals surface area contributed by atoms with E-state index in [0.29, 0.717) is 16.4 Å². The number of rotatable bonds is 5. The van der Waals surface area contributed by atoms with Gasteiger partial charge in [-0.3, -0.25) is 4.79 Å². The lowest BCUT2D eigenvalue weighted by molar-refractivity contribution is -0.118. The maximum absolute atomic E-state index is 12.6. The van der Waals surface area contributed by atoms with Gasteiger partial charge in [0, 0.05) is 10.2 Å². The van der Waals surface area contributed by atoms with Crippen LogP contribution in [0, 0.1) is 5.92 Å². The Hall–Kier alpha value is -2.05. The topological polar surface area (TPSA) is 70.2 Å². The first-order chi connectivity index (χ1) is 11.9. The van der Waals surface area contributed by atoms with Crippen LogP contribution >= 0.6 is 27.5 Å². The van der Waals surface area contributed by atoms with Gasteiger partial charge in [-0.1, -0.05) is 59.6 Å². The molecule has 132 valence electrons. The molecule has 0 saturated carbocycles. The van der Waals surface area contributed by atoms with E-state index < -0.39 is 12.1 Å². The van der Waals surface area contributed by atoms with Crippen molar-refractivity contribution >= 4 is 50.8 Å². The van der Waals surface area contributed by atoms with Gasteiger partial charge in [0.15, 0.2) is 0 Å². The van der Waals surface area contributed by atoms with Crippen LogP contribution in [-0.2, 0) is 4.79 Å². The highest BCUT2D eigenvalue weighted by Crippen LogP contribution is 2.26. The van der Waals surface area contributed by atoms with Crippen LogP contribution in [0.3, 0.4) is 0 Å². The first-order valence-corrected chi connectivity index (χ1v) is 8.92. The third kappa shape index (κ3) is 5.76. The summed E-state index contributed by atoms with van der Waals surface area (Å²) in [5, 5.41) is 8.57. The number of hydrogen-bond donors (Lipinski definition) is 3. The van der Waals surface area contributed by atoms with E-state index in [1.54, 1.807) is 30.3 Å². The molecule has 0 aliphatic rings. The number of hydrogen-bond acceptors (Lipinski definition) is 2. The molecule has 0 bridgehead atoms. The molecule has 0 spiro atoms. The van der Waals surface area contributed by atoms with Gasteiger partial charge >= 0.3 is 6.03 Å². The van der Waals surface area contributed by atoms with Gasteiger partial charge in [0.2, 0.25) is 5.91 Å². The van der Waals surface area contributed by atoms with E-state index in [2.05, 4.69) is 31.9 Å². The molecule has 2 rings (SSSR count). The van der Waals surface area contributed by atoms with E-state index >= 15 is 0 Å². The molecule has 7 heteroatoms. The molecule has 25 heavy (non-hydrogen) atoms. The van der Waals surface area contributed by atoms with E-state index in [4.69, 9.17) is 11.6 Å². The molecule has 5 nitrogen and oxygen atoms in total. The van der Waals surface area contributed by atoms with Crippen LogP contribution in [0.25, 0.3) is 0 Å². The lowest BCUT2D eigenvalue weighted by atomic mass is 10.0.